The number of rotatable bonds is 3. The fourth-order valence-corrected chi connectivity index (χ4v) is 2.37. The van der Waals surface area contributed by atoms with Gasteiger partial charge in [-0.1, -0.05) is 0 Å². The lowest BCUT2D eigenvalue weighted by molar-refractivity contribution is 0.436. The van der Waals surface area contributed by atoms with Crippen LogP contribution in [0, 0.1) is 23.3 Å². The van der Waals surface area contributed by atoms with Gasteiger partial charge in [-0.3, -0.25) is 0 Å². The number of benzene rings is 1. The maximum atomic E-state index is 14.1. The molecule has 0 saturated carbocycles. The summed E-state index contributed by atoms with van der Waals surface area (Å²) in [5.74, 6) is -6.65. The summed E-state index contributed by atoms with van der Waals surface area (Å²) < 4.78 is 55.1. The van der Waals surface area contributed by atoms with Crippen LogP contribution >= 0.6 is 0 Å². The van der Waals surface area contributed by atoms with Gasteiger partial charge in [-0.25, -0.2) is 17.6 Å². The molecular weight excluding hydrogens is 284 g/mol. The van der Waals surface area contributed by atoms with Crippen LogP contribution in [-0.2, 0) is 0 Å². The van der Waals surface area contributed by atoms with Gasteiger partial charge < -0.3 is 9.97 Å². The number of aromatic nitrogens is 2. The van der Waals surface area contributed by atoms with Gasteiger partial charge in [-0.05, 0) is 24.3 Å². The topological polar surface area (TPSA) is 31.6 Å². The average Bonchev–Trinajstić information content (AvgIpc) is 3.14. The third kappa shape index (κ3) is 2.22. The Bertz CT molecular complexity index is 688. The molecule has 1 aromatic carbocycles. The Balaban J connectivity index is 2.28. The van der Waals surface area contributed by atoms with Crippen LogP contribution in [0.15, 0.2) is 42.7 Å². The monoisotopic (exact) mass is 294 g/mol. The number of aromatic amines is 2. The van der Waals surface area contributed by atoms with Crippen molar-refractivity contribution in [3.63, 3.8) is 0 Å². The van der Waals surface area contributed by atoms with Crippen LogP contribution in [0.3, 0.4) is 0 Å². The van der Waals surface area contributed by atoms with Gasteiger partial charge in [0.25, 0.3) is 0 Å². The predicted molar refractivity (Wildman–Crippen MR) is 68.8 cm³/mol. The Morgan fingerprint density at radius 2 is 1.24 bits per heavy atom. The first-order valence-electron chi connectivity index (χ1n) is 6.19. The molecule has 0 aliphatic heterocycles. The highest BCUT2D eigenvalue weighted by Crippen LogP contribution is 2.35. The number of nitrogens with one attached hydrogen (secondary N) is 2. The summed E-state index contributed by atoms with van der Waals surface area (Å²) in [7, 11) is 0. The van der Waals surface area contributed by atoms with Crippen molar-refractivity contribution in [3.8, 4) is 0 Å². The summed E-state index contributed by atoms with van der Waals surface area (Å²) in [6, 6.07) is 6.66. The van der Waals surface area contributed by atoms with Gasteiger partial charge in [-0.15, -0.1) is 0 Å². The van der Waals surface area contributed by atoms with Gasteiger partial charge in [0.1, 0.15) is 0 Å². The van der Waals surface area contributed by atoms with E-state index in [9.17, 15) is 17.6 Å². The third-order valence-electron chi connectivity index (χ3n) is 3.30. The van der Waals surface area contributed by atoms with E-state index in [0.717, 1.165) is 0 Å². The van der Waals surface area contributed by atoms with Crippen LogP contribution in [0.4, 0.5) is 17.6 Å². The smallest absolute Gasteiger partial charge is 0.166 e. The second-order valence-corrected chi connectivity index (χ2v) is 4.57. The van der Waals surface area contributed by atoms with Gasteiger partial charge in [0.15, 0.2) is 23.3 Å². The van der Waals surface area contributed by atoms with Gasteiger partial charge in [-0.2, -0.15) is 0 Å². The zero-order valence-corrected chi connectivity index (χ0v) is 10.6. The Kier molecular flexibility index (Phi) is 3.29. The van der Waals surface area contributed by atoms with Crippen LogP contribution in [0.1, 0.15) is 22.9 Å². The van der Waals surface area contributed by atoms with Crippen LogP contribution < -0.4 is 0 Å². The minimum Gasteiger partial charge on any atom is -0.364 e. The van der Waals surface area contributed by atoms with Gasteiger partial charge in [0.05, 0.1) is 5.92 Å². The van der Waals surface area contributed by atoms with Crippen molar-refractivity contribution >= 4 is 0 Å². The molecule has 0 saturated heterocycles. The Morgan fingerprint density at radius 3 is 1.62 bits per heavy atom. The minimum atomic E-state index is -1.42. The molecule has 0 aliphatic rings. The molecule has 0 unspecified atom stereocenters. The Hall–Kier alpha value is -2.50. The second-order valence-electron chi connectivity index (χ2n) is 4.57. The van der Waals surface area contributed by atoms with Crippen molar-refractivity contribution in [2.75, 3.05) is 0 Å². The SMILES string of the molecule is Fc1cc(F)c(F)c(C(c2ccc[nH]2)c2ccc[nH]2)c1F. The first-order chi connectivity index (χ1) is 10.1. The molecule has 2 heterocycles. The zero-order chi connectivity index (χ0) is 15.0. The molecule has 21 heavy (non-hydrogen) atoms. The first-order valence-corrected chi connectivity index (χ1v) is 6.19. The molecule has 108 valence electrons. The molecule has 6 heteroatoms. The highest BCUT2D eigenvalue weighted by molar-refractivity contribution is 5.40. The zero-order valence-electron chi connectivity index (χ0n) is 10.6. The number of halogens is 4. The summed E-state index contributed by atoms with van der Waals surface area (Å²) in [5.41, 5.74) is 0.165. The molecule has 0 spiro atoms. The van der Waals surface area contributed by atoms with Crippen LogP contribution in [0.5, 0.6) is 0 Å². The van der Waals surface area contributed by atoms with E-state index in [1.165, 1.54) is 0 Å². The fourth-order valence-electron chi connectivity index (χ4n) is 2.37. The van der Waals surface area contributed by atoms with Crippen LogP contribution in [0.25, 0.3) is 0 Å². The molecule has 0 fully saturated rings. The molecular formula is C15H10F4N2. The fraction of sp³-hybridized carbons (Fsp3) is 0.0667. The molecule has 0 bridgehead atoms. The molecule has 2 aromatic heterocycles. The molecule has 0 atom stereocenters. The summed E-state index contributed by atoms with van der Waals surface area (Å²) in [6.07, 6.45) is 3.13. The summed E-state index contributed by atoms with van der Waals surface area (Å²) >= 11 is 0. The molecule has 2 N–H and O–H groups in total. The van der Waals surface area contributed by atoms with Crippen molar-refractivity contribution in [1.82, 2.24) is 9.97 Å². The van der Waals surface area contributed by atoms with Crippen molar-refractivity contribution < 1.29 is 17.6 Å². The van der Waals surface area contributed by atoms with Crippen LogP contribution in [0.2, 0.25) is 0 Å². The van der Waals surface area contributed by atoms with Crippen LogP contribution in [-0.4, -0.2) is 9.97 Å². The highest BCUT2D eigenvalue weighted by atomic mass is 19.2. The molecule has 0 aliphatic carbocycles. The lowest BCUT2D eigenvalue weighted by atomic mass is 9.91. The van der Waals surface area contributed by atoms with E-state index in [0.29, 0.717) is 11.4 Å². The molecule has 0 amide bonds. The molecule has 3 aromatic rings. The highest BCUT2D eigenvalue weighted by Gasteiger charge is 2.29. The lowest BCUT2D eigenvalue weighted by Gasteiger charge is -2.17. The van der Waals surface area contributed by atoms with Gasteiger partial charge >= 0.3 is 0 Å². The van der Waals surface area contributed by atoms with E-state index in [2.05, 4.69) is 9.97 Å². The Morgan fingerprint density at radius 1 is 0.762 bits per heavy atom. The van der Waals surface area contributed by atoms with Crippen molar-refractivity contribution in [2.24, 2.45) is 0 Å². The van der Waals surface area contributed by atoms with E-state index in [-0.39, 0.29) is 6.07 Å². The van der Waals surface area contributed by atoms with E-state index in [1.807, 2.05) is 0 Å². The number of H-pyrrole nitrogens is 2. The lowest BCUT2D eigenvalue weighted by Crippen LogP contribution is -2.12. The maximum Gasteiger partial charge on any atom is 0.166 e. The first kappa shape index (κ1) is 13.5. The quantitative estimate of drug-likeness (QED) is 0.539. The van der Waals surface area contributed by atoms with E-state index < -0.39 is 34.8 Å². The Labute approximate surface area is 117 Å². The van der Waals surface area contributed by atoms with Gasteiger partial charge in [0, 0.05) is 35.4 Å². The third-order valence-corrected chi connectivity index (χ3v) is 3.30. The van der Waals surface area contributed by atoms with Crippen molar-refractivity contribution in [3.05, 3.63) is 82.9 Å². The van der Waals surface area contributed by atoms with E-state index >= 15 is 0 Å². The summed E-state index contributed by atoms with van der Waals surface area (Å²) in [6.45, 7) is 0. The average molecular weight is 294 g/mol. The number of hydrogen-bond acceptors (Lipinski definition) is 0. The second kappa shape index (κ2) is 5.12. The molecule has 2 nitrogen and oxygen atoms in total. The molecule has 3 rings (SSSR count). The molecule has 0 radical (unpaired) electrons. The van der Waals surface area contributed by atoms with E-state index in [1.54, 1.807) is 36.7 Å². The van der Waals surface area contributed by atoms with Crippen molar-refractivity contribution in [2.45, 2.75) is 5.92 Å². The normalized spacial score (nSPS) is 11.3. The van der Waals surface area contributed by atoms with E-state index in [4.69, 9.17) is 0 Å². The minimum absolute atomic E-state index is 0.203. The van der Waals surface area contributed by atoms with Crippen molar-refractivity contribution in [1.29, 1.82) is 0 Å². The van der Waals surface area contributed by atoms with Gasteiger partial charge in [0.2, 0.25) is 0 Å². The standard InChI is InChI=1S/C15H10F4N2/c16-8-7-9(17)15(19)13(14(8)18)12(10-3-1-5-20-10)11-4-2-6-21-11/h1-7,12,20-21H. The largest absolute Gasteiger partial charge is 0.364 e. The summed E-state index contributed by atoms with van der Waals surface area (Å²) in [4.78, 5) is 5.64. The number of hydrogen-bond donors (Lipinski definition) is 2. The maximum absolute atomic E-state index is 14.1. The predicted octanol–water partition coefficient (Wildman–Crippen LogP) is 4.08. The summed E-state index contributed by atoms with van der Waals surface area (Å²) in [5, 5.41) is 0.